The Morgan fingerprint density at radius 2 is 2.03 bits per heavy atom. The molecule has 2 aromatic rings. The number of hydrogen-bond donors (Lipinski definition) is 2. The lowest BCUT2D eigenvalue weighted by atomic mass is 9.86. The second-order valence-electron chi connectivity index (χ2n) is 8.66. The highest BCUT2D eigenvalue weighted by Gasteiger charge is 2.41. The molecule has 0 atom stereocenters. The lowest BCUT2D eigenvalue weighted by Crippen LogP contribution is -2.41. The molecule has 0 unspecified atom stereocenters. The first-order valence-electron chi connectivity index (χ1n) is 11.0. The summed E-state index contributed by atoms with van der Waals surface area (Å²) in [5.41, 5.74) is 8.32. The minimum absolute atomic E-state index is 0.284. The zero-order valence-corrected chi connectivity index (χ0v) is 18.1. The molecule has 2 fully saturated rings. The molecule has 2 heterocycles. The van der Waals surface area contributed by atoms with Gasteiger partial charge in [0.2, 0.25) is 0 Å². The molecule has 0 amide bonds. The number of rotatable bonds is 5. The monoisotopic (exact) mass is 423 g/mol. The molecule has 1 spiro atoms. The predicted octanol–water partition coefficient (Wildman–Crippen LogP) is 3.24. The van der Waals surface area contributed by atoms with Crippen molar-refractivity contribution < 1.29 is 4.39 Å². The Morgan fingerprint density at radius 3 is 2.71 bits per heavy atom. The largest absolute Gasteiger partial charge is 0.382 e. The van der Waals surface area contributed by atoms with E-state index in [4.69, 9.17) is 5.73 Å². The lowest BCUT2D eigenvalue weighted by Gasteiger charge is -2.25. The van der Waals surface area contributed by atoms with E-state index in [1.165, 1.54) is 48.9 Å². The topological polar surface area (TPSA) is 95.3 Å². The third-order valence-corrected chi connectivity index (χ3v) is 6.66. The van der Waals surface area contributed by atoms with E-state index in [0.717, 1.165) is 32.0 Å². The predicted molar refractivity (Wildman–Crippen MR) is 119 cm³/mol. The number of aromatic nitrogens is 2. The van der Waals surface area contributed by atoms with E-state index in [0.29, 0.717) is 28.8 Å². The number of halogens is 1. The second kappa shape index (κ2) is 8.96. The number of anilines is 1. The Balaban J connectivity index is 1.35. The van der Waals surface area contributed by atoms with E-state index in [-0.39, 0.29) is 11.6 Å². The van der Waals surface area contributed by atoms with E-state index in [1.54, 1.807) is 12.1 Å². The van der Waals surface area contributed by atoms with Crippen LogP contribution in [0.5, 0.6) is 0 Å². The van der Waals surface area contributed by atoms with Gasteiger partial charge in [-0.25, -0.2) is 9.07 Å². The minimum atomic E-state index is -0.327. The molecule has 7 nitrogen and oxygen atoms in total. The average molecular weight is 424 g/mol. The molecule has 0 radical (unpaired) electrons. The lowest BCUT2D eigenvalue weighted by molar-refractivity contribution is 0.309. The maximum absolute atomic E-state index is 13.2. The fourth-order valence-electron chi connectivity index (χ4n) is 4.99. The Labute approximate surface area is 182 Å². The third-order valence-electron chi connectivity index (χ3n) is 6.66. The SMILES string of the molecule is CN=C(NCCCc1nn(-c2ccc(F)cc2)c(N)c1C#N)N1CCC2(CCCC2)C1. The highest BCUT2D eigenvalue weighted by Crippen LogP contribution is 2.45. The van der Waals surface area contributed by atoms with E-state index >= 15 is 0 Å². The van der Waals surface area contributed by atoms with Crippen molar-refractivity contribution in [2.75, 3.05) is 32.4 Å². The molecule has 1 aliphatic heterocycles. The average Bonchev–Trinajstić information content (AvgIpc) is 3.49. The van der Waals surface area contributed by atoms with Crippen molar-refractivity contribution >= 4 is 11.8 Å². The van der Waals surface area contributed by atoms with Gasteiger partial charge < -0.3 is 16.0 Å². The summed E-state index contributed by atoms with van der Waals surface area (Å²) < 4.78 is 14.7. The van der Waals surface area contributed by atoms with Crippen LogP contribution in [0.3, 0.4) is 0 Å². The minimum Gasteiger partial charge on any atom is -0.382 e. The van der Waals surface area contributed by atoms with E-state index in [2.05, 4.69) is 26.4 Å². The third kappa shape index (κ3) is 4.36. The van der Waals surface area contributed by atoms with Gasteiger partial charge in [-0.15, -0.1) is 0 Å². The van der Waals surface area contributed by atoms with Crippen molar-refractivity contribution in [1.82, 2.24) is 20.0 Å². The molecule has 1 aromatic heterocycles. The Kier molecular flexibility index (Phi) is 6.12. The number of hydrogen-bond acceptors (Lipinski definition) is 4. The molecule has 31 heavy (non-hydrogen) atoms. The van der Waals surface area contributed by atoms with Crippen molar-refractivity contribution in [1.29, 1.82) is 5.26 Å². The first-order chi connectivity index (χ1) is 15.0. The first-order valence-corrected chi connectivity index (χ1v) is 11.0. The van der Waals surface area contributed by atoms with Crippen molar-refractivity contribution in [2.24, 2.45) is 10.4 Å². The number of likely N-dealkylation sites (tertiary alicyclic amines) is 1. The number of aryl methyl sites for hydroxylation is 1. The van der Waals surface area contributed by atoms with Crippen LogP contribution in [0.2, 0.25) is 0 Å². The summed E-state index contributed by atoms with van der Waals surface area (Å²) in [5.74, 6) is 0.916. The van der Waals surface area contributed by atoms with Crippen LogP contribution in [-0.2, 0) is 6.42 Å². The first kappa shape index (κ1) is 21.2. The fourth-order valence-corrected chi connectivity index (χ4v) is 4.99. The van der Waals surface area contributed by atoms with Gasteiger partial charge in [0.25, 0.3) is 0 Å². The molecule has 1 aliphatic carbocycles. The van der Waals surface area contributed by atoms with Crippen LogP contribution in [-0.4, -0.2) is 47.3 Å². The van der Waals surface area contributed by atoms with Gasteiger partial charge in [0.1, 0.15) is 23.3 Å². The van der Waals surface area contributed by atoms with E-state index in [1.807, 2.05) is 7.05 Å². The van der Waals surface area contributed by atoms with Crippen molar-refractivity contribution in [3.8, 4) is 11.8 Å². The second-order valence-corrected chi connectivity index (χ2v) is 8.66. The van der Waals surface area contributed by atoms with Crippen molar-refractivity contribution in [3.63, 3.8) is 0 Å². The summed E-state index contributed by atoms with van der Waals surface area (Å²) >= 11 is 0. The van der Waals surface area contributed by atoms with Gasteiger partial charge in [0, 0.05) is 26.7 Å². The van der Waals surface area contributed by atoms with Gasteiger partial charge in [0.15, 0.2) is 5.96 Å². The summed E-state index contributed by atoms with van der Waals surface area (Å²) in [7, 11) is 1.83. The van der Waals surface area contributed by atoms with Gasteiger partial charge in [-0.2, -0.15) is 10.4 Å². The van der Waals surface area contributed by atoms with E-state index in [9.17, 15) is 9.65 Å². The molecule has 1 saturated heterocycles. The van der Waals surface area contributed by atoms with Crippen LogP contribution >= 0.6 is 0 Å². The van der Waals surface area contributed by atoms with Gasteiger partial charge in [-0.05, 0) is 61.8 Å². The normalized spacial score (nSPS) is 18.0. The molecule has 0 bridgehead atoms. The molecular weight excluding hydrogens is 393 g/mol. The number of nitrogens with one attached hydrogen (secondary N) is 1. The summed E-state index contributed by atoms with van der Waals surface area (Å²) in [4.78, 5) is 6.86. The van der Waals surface area contributed by atoms with Crippen molar-refractivity contribution in [2.45, 2.75) is 44.9 Å². The zero-order chi connectivity index (χ0) is 21.8. The molecule has 1 aromatic carbocycles. The Hall–Kier alpha value is -3.08. The number of aliphatic imine (C=N–C) groups is 1. The number of guanidine groups is 1. The Morgan fingerprint density at radius 1 is 1.29 bits per heavy atom. The van der Waals surface area contributed by atoms with E-state index < -0.39 is 0 Å². The van der Waals surface area contributed by atoms with Crippen LogP contribution in [0.25, 0.3) is 5.69 Å². The quantitative estimate of drug-likeness (QED) is 0.437. The molecule has 4 rings (SSSR count). The fraction of sp³-hybridized carbons (Fsp3) is 0.522. The summed E-state index contributed by atoms with van der Waals surface area (Å²) in [5, 5.41) is 17.5. The highest BCUT2D eigenvalue weighted by molar-refractivity contribution is 5.80. The molecule has 1 saturated carbocycles. The molecule has 8 heteroatoms. The van der Waals surface area contributed by atoms with Crippen LogP contribution in [0.4, 0.5) is 10.2 Å². The summed E-state index contributed by atoms with van der Waals surface area (Å²) in [6, 6.07) is 8.07. The van der Waals surface area contributed by atoms with Gasteiger partial charge in [0.05, 0.1) is 11.4 Å². The smallest absolute Gasteiger partial charge is 0.193 e. The van der Waals surface area contributed by atoms with Crippen molar-refractivity contribution in [3.05, 3.63) is 41.3 Å². The number of nitrogens with zero attached hydrogens (tertiary/aromatic N) is 5. The van der Waals surface area contributed by atoms with Crippen LogP contribution in [0.15, 0.2) is 29.3 Å². The summed E-state index contributed by atoms with van der Waals surface area (Å²) in [6.07, 6.45) is 8.08. The molecule has 3 N–H and O–H groups in total. The highest BCUT2D eigenvalue weighted by atomic mass is 19.1. The van der Waals surface area contributed by atoms with Gasteiger partial charge in [-0.3, -0.25) is 4.99 Å². The zero-order valence-electron chi connectivity index (χ0n) is 18.1. The van der Waals surface area contributed by atoms with Crippen LogP contribution in [0.1, 0.15) is 49.8 Å². The van der Waals surface area contributed by atoms with Gasteiger partial charge in [-0.1, -0.05) is 12.8 Å². The number of nitrogens with two attached hydrogens (primary N) is 1. The van der Waals surface area contributed by atoms with Crippen LogP contribution in [0, 0.1) is 22.6 Å². The molecular formula is C23H30FN7. The molecule has 2 aliphatic rings. The maximum Gasteiger partial charge on any atom is 0.193 e. The standard InChI is InChI=1S/C23H30FN7/c1-27-22(30-14-12-23(16-30)10-2-3-11-23)28-13-4-5-20-19(15-25)21(26)31(29-20)18-8-6-17(24)7-9-18/h6-9H,2-5,10-14,16,26H2,1H3,(H,27,28). The number of benzene rings is 1. The summed E-state index contributed by atoms with van der Waals surface area (Å²) in [6.45, 7) is 2.91. The van der Waals surface area contributed by atoms with Gasteiger partial charge >= 0.3 is 0 Å². The van der Waals surface area contributed by atoms with Crippen LogP contribution < -0.4 is 11.1 Å². The maximum atomic E-state index is 13.2. The number of nitriles is 1. The Bertz CT molecular complexity index is 981. The number of nitrogen functional groups attached to an aromatic ring is 1. The molecule has 164 valence electrons.